The molecule has 112 valence electrons. The third-order valence-electron chi connectivity index (χ3n) is 4.15. The van der Waals surface area contributed by atoms with Gasteiger partial charge in [0.25, 0.3) is 0 Å². The molecule has 1 aliphatic carbocycles. The molecule has 2 atom stereocenters. The lowest BCUT2D eigenvalue weighted by Crippen LogP contribution is -2.32. The van der Waals surface area contributed by atoms with E-state index in [1.807, 2.05) is 25.0 Å². The van der Waals surface area contributed by atoms with Gasteiger partial charge in [0.2, 0.25) is 0 Å². The van der Waals surface area contributed by atoms with Crippen molar-refractivity contribution < 1.29 is 0 Å². The number of hydrogen-bond acceptors (Lipinski definition) is 4. The van der Waals surface area contributed by atoms with Crippen molar-refractivity contribution in [3.05, 3.63) is 23.3 Å². The molecule has 20 heavy (non-hydrogen) atoms. The van der Waals surface area contributed by atoms with E-state index in [-0.39, 0.29) is 0 Å². The van der Waals surface area contributed by atoms with Crippen molar-refractivity contribution in [2.45, 2.75) is 64.0 Å². The molecule has 0 radical (unpaired) electrons. The van der Waals surface area contributed by atoms with E-state index >= 15 is 0 Å². The maximum absolute atomic E-state index is 4.84. The van der Waals surface area contributed by atoms with Crippen molar-refractivity contribution in [1.82, 2.24) is 15.3 Å². The van der Waals surface area contributed by atoms with Gasteiger partial charge in [-0.25, -0.2) is 9.97 Å². The Morgan fingerprint density at radius 3 is 2.90 bits per heavy atom. The van der Waals surface area contributed by atoms with Crippen LogP contribution in [0.25, 0.3) is 0 Å². The summed E-state index contributed by atoms with van der Waals surface area (Å²) in [5, 5.41) is 4.09. The molecule has 1 N–H and O–H groups in total. The first-order valence-corrected chi connectivity index (χ1v) is 8.63. The fraction of sp³-hybridized carbons (Fsp3) is 0.750. The summed E-state index contributed by atoms with van der Waals surface area (Å²) in [4.78, 5) is 9.41. The van der Waals surface area contributed by atoms with Crippen LogP contribution in [0.4, 0.5) is 0 Å². The van der Waals surface area contributed by atoms with Crippen molar-refractivity contribution >= 4 is 11.8 Å². The van der Waals surface area contributed by atoms with Crippen LogP contribution >= 0.6 is 11.8 Å². The number of thioether (sulfide) groups is 1. The second-order valence-electron chi connectivity index (χ2n) is 6.60. The monoisotopic (exact) mass is 293 g/mol. The Morgan fingerprint density at radius 2 is 2.25 bits per heavy atom. The fourth-order valence-electron chi connectivity index (χ4n) is 2.75. The van der Waals surface area contributed by atoms with Gasteiger partial charge < -0.3 is 5.32 Å². The van der Waals surface area contributed by atoms with Crippen LogP contribution in [0, 0.1) is 5.41 Å². The molecule has 2 unspecified atom stereocenters. The number of rotatable bonds is 5. The highest BCUT2D eigenvalue weighted by Gasteiger charge is 2.32. The molecule has 1 aliphatic rings. The van der Waals surface area contributed by atoms with Crippen LogP contribution in [0.15, 0.2) is 6.20 Å². The highest BCUT2D eigenvalue weighted by Crippen LogP contribution is 2.39. The lowest BCUT2D eigenvalue weighted by molar-refractivity contribution is 0.260. The molecule has 0 bridgehead atoms. The van der Waals surface area contributed by atoms with Crippen LogP contribution in [0.1, 0.15) is 63.7 Å². The Balaban J connectivity index is 2.17. The summed E-state index contributed by atoms with van der Waals surface area (Å²) in [6, 6.07) is 0.394. The predicted molar refractivity (Wildman–Crippen MR) is 87.0 cm³/mol. The maximum atomic E-state index is 4.84. The number of hydrogen-bond donors (Lipinski definition) is 1. The van der Waals surface area contributed by atoms with Gasteiger partial charge in [-0.1, -0.05) is 27.7 Å². The minimum absolute atomic E-state index is 0.316. The Bertz CT molecular complexity index is 459. The van der Waals surface area contributed by atoms with E-state index in [1.165, 1.54) is 17.7 Å². The normalized spacial score (nSPS) is 22.4. The van der Waals surface area contributed by atoms with Gasteiger partial charge in [0.15, 0.2) is 0 Å². The van der Waals surface area contributed by atoms with Gasteiger partial charge in [0.05, 0.1) is 5.75 Å². The summed E-state index contributed by atoms with van der Waals surface area (Å²) < 4.78 is 0. The van der Waals surface area contributed by atoms with Gasteiger partial charge in [0, 0.05) is 28.7 Å². The molecule has 1 heterocycles. The molecule has 0 amide bonds. The second kappa shape index (κ2) is 6.44. The van der Waals surface area contributed by atoms with Gasteiger partial charge >= 0.3 is 0 Å². The molecule has 4 heteroatoms. The lowest BCUT2D eigenvalue weighted by atomic mass is 9.74. The molecule has 0 spiro atoms. The van der Waals surface area contributed by atoms with Crippen molar-refractivity contribution in [2.24, 2.45) is 5.41 Å². The average molecular weight is 293 g/mol. The Kier molecular flexibility index (Phi) is 5.08. The molecular formula is C16H27N3S. The molecule has 0 saturated carbocycles. The summed E-state index contributed by atoms with van der Waals surface area (Å²) in [6.07, 6.45) is 5.46. The van der Waals surface area contributed by atoms with Crippen LogP contribution in [-0.4, -0.2) is 22.3 Å². The van der Waals surface area contributed by atoms with E-state index in [9.17, 15) is 0 Å². The summed E-state index contributed by atoms with van der Waals surface area (Å²) in [6.45, 7) is 9.15. The lowest BCUT2D eigenvalue weighted by Gasteiger charge is -2.36. The quantitative estimate of drug-likeness (QED) is 0.897. The fourth-order valence-corrected chi connectivity index (χ4v) is 3.56. The first-order valence-electron chi connectivity index (χ1n) is 7.58. The summed E-state index contributed by atoms with van der Waals surface area (Å²) in [5.74, 6) is 1.91. The van der Waals surface area contributed by atoms with Gasteiger partial charge in [-0.2, -0.15) is 11.8 Å². The predicted octanol–water partition coefficient (Wildman–Crippen LogP) is 3.74. The Morgan fingerprint density at radius 1 is 1.50 bits per heavy atom. The zero-order chi connectivity index (χ0) is 14.8. The average Bonchev–Trinajstić information content (AvgIpc) is 2.42. The number of nitrogens with one attached hydrogen (secondary N) is 1. The van der Waals surface area contributed by atoms with Gasteiger partial charge in [-0.15, -0.1) is 0 Å². The van der Waals surface area contributed by atoms with Crippen molar-refractivity contribution in [2.75, 3.05) is 7.05 Å². The zero-order valence-corrected chi connectivity index (χ0v) is 14.2. The third kappa shape index (κ3) is 3.73. The van der Waals surface area contributed by atoms with Crippen LogP contribution in [0.5, 0.6) is 0 Å². The van der Waals surface area contributed by atoms with E-state index in [1.54, 1.807) is 0 Å². The molecule has 0 fully saturated rings. The summed E-state index contributed by atoms with van der Waals surface area (Å²) in [7, 11) is 2.03. The molecule has 2 rings (SSSR count). The first kappa shape index (κ1) is 15.8. The topological polar surface area (TPSA) is 37.8 Å². The standard InChI is InChI=1S/C16H27N3S/c1-6-11(2)20-10-15-18-9-12-13(17-5)7-16(3,4)8-14(12)19-15/h9,11,13,17H,6-8,10H2,1-5H3. The SMILES string of the molecule is CCC(C)SCc1ncc2c(n1)CC(C)(C)CC2NC. The highest BCUT2D eigenvalue weighted by molar-refractivity contribution is 7.99. The van der Waals surface area contributed by atoms with Crippen molar-refractivity contribution in [3.8, 4) is 0 Å². The number of fused-ring (bicyclic) bond motifs is 1. The second-order valence-corrected chi connectivity index (χ2v) is 8.03. The number of nitrogens with zero attached hydrogens (tertiary/aromatic N) is 2. The van der Waals surface area contributed by atoms with Gasteiger partial charge in [0.1, 0.15) is 5.82 Å². The Labute approximate surface area is 127 Å². The van der Waals surface area contributed by atoms with Crippen LogP contribution < -0.4 is 5.32 Å². The largest absolute Gasteiger partial charge is 0.313 e. The van der Waals surface area contributed by atoms with E-state index in [4.69, 9.17) is 4.98 Å². The highest BCUT2D eigenvalue weighted by atomic mass is 32.2. The van der Waals surface area contributed by atoms with Crippen LogP contribution in [-0.2, 0) is 12.2 Å². The van der Waals surface area contributed by atoms with Crippen LogP contribution in [0.3, 0.4) is 0 Å². The smallest absolute Gasteiger partial charge is 0.138 e. The molecule has 1 aromatic heterocycles. The molecule has 3 nitrogen and oxygen atoms in total. The van der Waals surface area contributed by atoms with Gasteiger partial charge in [-0.05, 0) is 31.7 Å². The summed E-state index contributed by atoms with van der Waals surface area (Å²) >= 11 is 1.95. The van der Waals surface area contributed by atoms with Crippen molar-refractivity contribution in [3.63, 3.8) is 0 Å². The van der Waals surface area contributed by atoms with Crippen LogP contribution in [0.2, 0.25) is 0 Å². The molecular weight excluding hydrogens is 266 g/mol. The summed E-state index contributed by atoms with van der Waals surface area (Å²) in [5.41, 5.74) is 2.86. The third-order valence-corrected chi connectivity index (χ3v) is 5.48. The first-order chi connectivity index (χ1) is 9.45. The zero-order valence-electron chi connectivity index (χ0n) is 13.4. The molecule has 0 aliphatic heterocycles. The Hall–Kier alpha value is -0.610. The van der Waals surface area contributed by atoms with Gasteiger partial charge in [-0.3, -0.25) is 0 Å². The minimum Gasteiger partial charge on any atom is -0.313 e. The van der Waals surface area contributed by atoms with E-state index < -0.39 is 0 Å². The van der Waals surface area contributed by atoms with E-state index in [0.717, 1.165) is 24.4 Å². The van der Waals surface area contributed by atoms with E-state index in [2.05, 4.69) is 38.0 Å². The molecule has 0 saturated heterocycles. The molecule has 0 aromatic carbocycles. The molecule has 1 aromatic rings. The maximum Gasteiger partial charge on any atom is 0.138 e. The van der Waals surface area contributed by atoms with Crippen molar-refractivity contribution in [1.29, 1.82) is 0 Å². The minimum atomic E-state index is 0.316. The number of aromatic nitrogens is 2. The van der Waals surface area contributed by atoms with E-state index in [0.29, 0.717) is 16.7 Å².